The van der Waals surface area contributed by atoms with Crippen LogP contribution in [0.3, 0.4) is 0 Å². The van der Waals surface area contributed by atoms with Crippen LogP contribution < -0.4 is 11.3 Å². The third-order valence-corrected chi connectivity index (χ3v) is 4.15. The highest BCUT2D eigenvalue weighted by Crippen LogP contribution is 2.27. The Morgan fingerprint density at radius 1 is 1.32 bits per heavy atom. The minimum atomic E-state index is -0.0356. The second-order valence-corrected chi connectivity index (χ2v) is 5.43. The van der Waals surface area contributed by atoms with Crippen molar-refractivity contribution < 1.29 is 0 Å². The number of nitrogens with two attached hydrogens (primary N) is 1. The first-order valence-corrected chi connectivity index (χ1v) is 6.96. The second-order valence-electron chi connectivity index (χ2n) is 5.43. The molecule has 1 aromatic carbocycles. The summed E-state index contributed by atoms with van der Waals surface area (Å²) in [5.74, 6) is 0.542. The summed E-state index contributed by atoms with van der Waals surface area (Å²) in [4.78, 5) is 12.3. The molecular formula is C15H19N3O. The van der Waals surface area contributed by atoms with Gasteiger partial charge in [-0.25, -0.2) is 4.68 Å². The number of aromatic nitrogens is 2. The number of rotatable bonds is 3. The molecule has 1 atom stereocenters. The molecule has 1 heterocycles. The fourth-order valence-electron chi connectivity index (χ4n) is 2.99. The van der Waals surface area contributed by atoms with Gasteiger partial charge in [-0.3, -0.25) is 4.79 Å². The largest absolute Gasteiger partial charge is 0.326 e. The molecule has 1 unspecified atom stereocenters. The lowest BCUT2D eigenvalue weighted by Crippen LogP contribution is -2.37. The summed E-state index contributed by atoms with van der Waals surface area (Å²) < 4.78 is 1.52. The Labute approximate surface area is 112 Å². The van der Waals surface area contributed by atoms with Gasteiger partial charge in [-0.2, -0.15) is 5.10 Å². The fraction of sp³-hybridized carbons (Fsp3) is 0.467. The maximum atomic E-state index is 12.3. The third kappa shape index (κ3) is 2.40. The van der Waals surface area contributed by atoms with Gasteiger partial charge < -0.3 is 5.73 Å². The first-order valence-electron chi connectivity index (χ1n) is 6.96. The summed E-state index contributed by atoms with van der Waals surface area (Å²) in [6.07, 6.45) is 6.64. The number of fused-ring (bicyclic) bond motifs is 1. The molecular weight excluding hydrogens is 238 g/mol. The maximum Gasteiger partial charge on any atom is 0.274 e. The first kappa shape index (κ1) is 12.4. The van der Waals surface area contributed by atoms with Gasteiger partial charge in [0, 0.05) is 11.4 Å². The van der Waals surface area contributed by atoms with Crippen LogP contribution in [0.1, 0.15) is 25.7 Å². The van der Waals surface area contributed by atoms with E-state index in [0.29, 0.717) is 12.5 Å². The van der Waals surface area contributed by atoms with Gasteiger partial charge in [-0.15, -0.1) is 0 Å². The van der Waals surface area contributed by atoms with Gasteiger partial charge in [0.1, 0.15) is 0 Å². The molecule has 0 bridgehead atoms. The Balaban J connectivity index is 1.88. The molecule has 3 rings (SSSR count). The normalized spacial score (nSPS) is 17.9. The van der Waals surface area contributed by atoms with Gasteiger partial charge in [-0.1, -0.05) is 31.0 Å². The molecule has 4 heteroatoms. The van der Waals surface area contributed by atoms with E-state index in [-0.39, 0.29) is 11.6 Å². The van der Waals surface area contributed by atoms with Crippen molar-refractivity contribution in [2.75, 3.05) is 0 Å². The van der Waals surface area contributed by atoms with Gasteiger partial charge in [0.15, 0.2) is 0 Å². The molecule has 1 aliphatic rings. The van der Waals surface area contributed by atoms with Crippen molar-refractivity contribution in [3.63, 3.8) is 0 Å². The zero-order chi connectivity index (χ0) is 13.2. The topological polar surface area (TPSA) is 60.9 Å². The number of hydrogen-bond acceptors (Lipinski definition) is 3. The Kier molecular flexibility index (Phi) is 3.34. The third-order valence-electron chi connectivity index (χ3n) is 4.15. The minimum Gasteiger partial charge on any atom is -0.326 e. The summed E-state index contributed by atoms with van der Waals surface area (Å²) in [5.41, 5.74) is 6.19. The SMILES string of the molecule is NC(Cn1ncc2ccccc2c1=O)C1CCCC1. The minimum absolute atomic E-state index is 0.0356. The van der Waals surface area contributed by atoms with Crippen molar-refractivity contribution in [3.05, 3.63) is 40.8 Å². The van der Waals surface area contributed by atoms with Crippen molar-refractivity contribution in [2.24, 2.45) is 11.7 Å². The highest BCUT2D eigenvalue weighted by molar-refractivity contribution is 5.80. The number of hydrogen-bond donors (Lipinski definition) is 1. The van der Waals surface area contributed by atoms with Gasteiger partial charge in [0.05, 0.1) is 18.1 Å². The van der Waals surface area contributed by atoms with E-state index in [1.807, 2.05) is 24.3 Å². The van der Waals surface area contributed by atoms with Crippen LogP contribution in [0.2, 0.25) is 0 Å². The van der Waals surface area contributed by atoms with Crippen LogP contribution in [-0.2, 0) is 6.54 Å². The fourth-order valence-corrected chi connectivity index (χ4v) is 2.99. The molecule has 1 aliphatic carbocycles. The van der Waals surface area contributed by atoms with Crippen LogP contribution in [0.5, 0.6) is 0 Å². The molecule has 19 heavy (non-hydrogen) atoms. The van der Waals surface area contributed by atoms with E-state index in [2.05, 4.69) is 5.10 Å². The Bertz CT molecular complexity index is 629. The van der Waals surface area contributed by atoms with Crippen LogP contribution in [0.4, 0.5) is 0 Å². The van der Waals surface area contributed by atoms with Crippen LogP contribution in [0, 0.1) is 5.92 Å². The van der Waals surface area contributed by atoms with Crippen LogP contribution in [0.15, 0.2) is 35.3 Å². The highest BCUT2D eigenvalue weighted by atomic mass is 16.1. The molecule has 1 saturated carbocycles. The smallest absolute Gasteiger partial charge is 0.274 e. The molecule has 0 aliphatic heterocycles. The average molecular weight is 257 g/mol. The van der Waals surface area contributed by atoms with E-state index in [9.17, 15) is 4.79 Å². The molecule has 1 aromatic heterocycles. The average Bonchev–Trinajstić information content (AvgIpc) is 2.96. The monoisotopic (exact) mass is 257 g/mol. The molecule has 2 aromatic rings. The van der Waals surface area contributed by atoms with Crippen LogP contribution >= 0.6 is 0 Å². The van der Waals surface area contributed by atoms with Gasteiger partial charge in [-0.05, 0) is 24.8 Å². The first-order chi connectivity index (χ1) is 9.25. The molecule has 0 amide bonds. The van der Waals surface area contributed by atoms with Crippen LogP contribution in [-0.4, -0.2) is 15.8 Å². The molecule has 0 saturated heterocycles. The Morgan fingerprint density at radius 3 is 2.84 bits per heavy atom. The molecule has 100 valence electrons. The number of nitrogens with zero attached hydrogens (tertiary/aromatic N) is 2. The lowest BCUT2D eigenvalue weighted by Gasteiger charge is -2.19. The molecule has 0 spiro atoms. The van der Waals surface area contributed by atoms with E-state index >= 15 is 0 Å². The summed E-state index contributed by atoms with van der Waals surface area (Å²) in [5, 5.41) is 5.85. The predicted molar refractivity (Wildman–Crippen MR) is 75.9 cm³/mol. The van der Waals surface area contributed by atoms with E-state index in [4.69, 9.17) is 5.73 Å². The molecule has 2 N–H and O–H groups in total. The Morgan fingerprint density at radius 2 is 2.05 bits per heavy atom. The van der Waals surface area contributed by atoms with E-state index in [1.165, 1.54) is 30.4 Å². The number of benzene rings is 1. The van der Waals surface area contributed by atoms with Crippen molar-refractivity contribution in [2.45, 2.75) is 38.3 Å². The zero-order valence-corrected chi connectivity index (χ0v) is 11.0. The van der Waals surface area contributed by atoms with Gasteiger partial charge >= 0.3 is 0 Å². The van der Waals surface area contributed by atoms with Crippen LogP contribution in [0.25, 0.3) is 10.8 Å². The van der Waals surface area contributed by atoms with Crippen molar-refractivity contribution in [1.82, 2.24) is 9.78 Å². The highest BCUT2D eigenvalue weighted by Gasteiger charge is 2.22. The van der Waals surface area contributed by atoms with E-state index in [0.717, 1.165) is 10.8 Å². The summed E-state index contributed by atoms with van der Waals surface area (Å²) >= 11 is 0. The summed E-state index contributed by atoms with van der Waals surface area (Å²) in [6, 6.07) is 7.58. The van der Waals surface area contributed by atoms with Gasteiger partial charge in [0.25, 0.3) is 5.56 Å². The Hall–Kier alpha value is -1.68. The molecule has 0 radical (unpaired) electrons. The maximum absolute atomic E-state index is 12.3. The zero-order valence-electron chi connectivity index (χ0n) is 11.0. The second kappa shape index (κ2) is 5.13. The lowest BCUT2D eigenvalue weighted by atomic mass is 9.99. The predicted octanol–water partition coefficient (Wildman–Crippen LogP) is 1.91. The summed E-state index contributed by atoms with van der Waals surface area (Å²) in [7, 11) is 0. The van der Waals surface area contributed by atoms with Crippen molar-refractivity contribution in [1.29, 1.82) is 0 Å². The van der Waals surface area contributed by atoms with Crippen molar-refractivity contribution in [3.8, 4) is 0 Å². The van der Waals surface area contributed by atoms with E-state index in [1.54, 1.807) is 6.20 Å². The van der Waals surface area contributed by atoms with Gasteiger partial charge in [0.2, 0.25) is 0 Å². The standard InChI is InChI=1S/C15H19N3O/c16-14(11-5-1-2-6-11)10-18-15(19)13-8-4-3-7-12(13)9-17-18/h3-4,7-9,11,14H,1-2,5-6,10,16H2. The summed E-state index contributed by atoms with van der Waals surface area (Å²) in [6.45, 7) is 0.522. The van der Waals surface area contributed by atoms with Crippen molar-refractivity contribution >= 4 is 10.8 Å². The molecule has 4 nitrogen and oxygen atoms in total. The quantitative estimate of drug-likeness (QED) is 0.913. The van der Waals surface area contributed by atoms with E-state index < -0.39 is 0 Å². The lowest BCUT2D eigenvalue weighted by molar-refractivity contribution is 0.367. The molecule has 1 fully saturated rings.